The van der Waals surface area contributed by atoms with Crippen LogP contribution in [0.15, 0.2) is 12.3 Å². The van der Waals surface area contributed by atoms with Gasteiger partial charge in [0.15, 0.2) is 0 Å². The van der Waals surface area contributed by atoms with Crippen LogP contribution in [-0.4, -0.2) is 33.4 Å². The summed E-state index contributed by atoms with van der Waals surface area (Å²) in [7, 11) is 0. The molecule has 0 spiro atoms. The normalized spacial score (nSPS) is 10.1. The first-order valence-electron chi connectivity index (χ1n) is 3.35. The van der Waals surface area contributed by atoms with Gasteiger partial charge in [-0.05, 0) is 6.07 Å². The number of aliphatic carboxylic acids is 1. The number of hydrogen-bond donors (Lipinski definition) is 3. The van der Waals surface area contributed by atoms with Crippen molar-refractivity contribution in [2.45, 2.75) is 6.18 Å². The Bertz CT molecular complexity index is 333. The minimum absolute atomic E-state index is 0.269. The Morgan fingerprint density at radius 2 is 1.93 bits per heavy atom. The molecule has 0 unspecified atom stereocenters. The SMILES string of the molecule is NC(=O)c1cc[nH]n1.O=C(O)C(F)(F)F. The van der Waals surface area contributed by atoms with E-state index in [4.69, 9.17) is 15.6 Å². The van der Waals surface area contributed by atoms with E-state index in [-0.39, 0.29) is 5.69 Å². The van der Waals surface area contributed by atoms with E-state index in [2.05, 4.69) is 10.2 Å². The summed E-state index contributed by atoms with van der Waals surface area (Å²) in [6.07, 6.45) is -3.54. The predicted octanol–water partition coefficient (Wildman–Crippen LogP) is 0.142. The summed E-state index contributed by atoms with van der Waals surface area (Å²) in [5.41, 5.74) is 5.11. The highest BCUT2D eigenvalue weighted by Crippen LogP contribution is 2.13. The van der Waals surface area contributed by atoms with Crippen LogP contribution in [0.1, 0.15) is 10.5 Å². The summed E-state index contributed by atoms with van der Waals surface area (Å²) in [6, 6.07) is 1.52. The van der Waals surface area contributed by atoms with Crippen molar-refractivity contribution >= 4 is 11.9 Å². The molecule has 0 fully saturated rings. The third-order valence-corrected chi connectivity index (χ3v) is 0.996. The van der Waals surface area contributed by atoms with Gasteiger partial charge in [0.2, 0.25) is 0 Å². The first-order valence-corrected chi connectivity index (χ1v) is 3.35. The van der Waals surface area contributed by atoms with Gasteiger partial charge in [-0.2, -0.15) is 18.3 Å². The number of nitrogens with zero attached hydrogens (tertiary/aromatic N) is 1. The van der Waals surface area contributed by atoms with Crippen LogP contribution in [0.4, 0.5) is 13.2 Å². The Labute approximate surface area is 80.9 Å². The van der Waals surface area contributed by atoms with Crippen molar-refractivity contribution in [3.63, 3.8) is 0 Å². The second kappa shape index (κ2) is 4.98. The number of rotatable bonds is 1. The molecule has 1 rings (SSSR count). The molecule has 0 atom stereocenters. The van der Waals surface area contributed by atoms with Crippen LogP contribution in [0, 0.1) is 0 Å². The van der Waals surface area contributed by atoms with Gasteiger partial charge < -0.3 is 10.8 Å². The van der Waals surface area contributed by atoms with Gasteiger partial charge in [0.05, 0.1) is 0 Å². The van der Waals surface area contributed by atoms with Crippen molar-refractivity contribution in [3.05, 3.63) is 18.0 Å². The number of carbonyl (C=O) groups excluding carboxylic acids is 1. The first-order chi connectivity index (χ1) is 6.75. The first kappa shape index (κ1) is 12.9. The summed E-state index contributed by atoms with van der Waals surface area (Å²) < 4.78 is 31.7. The molecule has 0 bridgehead atoms. The molecule has 6 nitrogen and oxygen atoms in total. The van der Waals surface area contributed by atoms with Crippen LogP contribution in [0.25, 0.3) is 0 Å². The lowest BCUT2D eigenvalue weighted by Gasteiger charge is -1.93. The lowest BCUT2D eigenvalue weighted by atomic mass is 10.4. The Kier molecular flexibility index (Phi) is 4.30. The number of H-pyrrole nitrogens is 1. The van der Waals surface area contributed by atoms with Gasteiger partial charge in [-0.25, -0.2) is 4.79 Å². The molecule has 0 aliphatic carbocycles. The number of hydrogen-bond acceptors (Lipinski definition) is 3. The number of carboxylic acid groups (broad SMARTS) is 1. The van der Waals surface area contributed by atoms with Crippen LogP contribution >= 0.6 is 0 Å². The van der Waals surface area contributed by atoms with Crippen LogP contribution in [0.2, 0.25) is 0 Å². The topological polar surface area (TPSA) is 109 Å². The molecule has 9 heteroatoms. The lowest BCUT2D eigenvalue weighted by Crippen LogP contribution is -2.21. The average molecular weight is 225 g/mol. The van der Waals surface area contributed by atoms with Crippen molar-refractivity contribution in [2.75, 3.05) is 0 Å². The fraction of sp³-hybridized carbons (Fsp3) is 0.167. The number of amides is 1. The molecule has 0 aliphatic rings. The largest absolute Gasteiger partial charge is 0.490 e. The van der Waals surface area contributed by atoms with Gasteiger partial charge in [0.25, 0.3) is 5.91 Å². The predicted molar refractivity (Wildman–Crippen MR) is 40.8 cm³/mol. The number of carbonyl (C=O) groups is 2. The third-order valence-electron chi connectivity index (χ3n) is 0.996. The van der Waals surface area contributed by atoms with E-state index in [1.54, 1.807) is 6.20 Å². The molecule has 1 aromatic rings. The highest BCUT2D eigenvalue weighted by atomic mass is 19.4. The second-order valence-electron chi connectivity index (χ2n) is 2.13. The average Bonchev–Trinajstić information content (AvgIpc) is 2.54. The molecule has 0 saturated heterocycles. The Morgan fingerprint density at radius 1 is 1.47 bits per heavy atom. The molecule has 1 heterocycles. The van der Waals surface area contributed by atoms with E-state index >= 15 is 0 Å². The number of primary amides is 1. The van der Waals surface area contributed by atoms with E-state index < -0.39 is 18.1 Å². The van der Waals surface area contributed by atoms with Gasteiger partial charge in [-0.15, -0.1) is 0 Å². The lowest BCUT2D eigenvalue weighted by molar-refractivity contribution is -0.192. The van der Waals surface area contributed by atoms with E-state index in [0.717, 1.165) is 0 Å². The van der Waals surface area contributed by atoms with E-state index in [1.165, 1.54) is 6.07 Å². The highest BCUT2D eigenvalue weighted by Gasteiger charge is 2.38. The summed E-state index contributed by atoms with van der Waals surface area (Å²) in [5.74, 6) is -3.27. The van der Waals surface area contributed by atoms with Crippen LogP contribution in [-0.2, 0) is 4.79 Å². The summed E-state index contributed by atoms with van der Waals surface area (Å²) in [5, 5.41) is 13.1. The van der Waals surface area contributed by atoms with E-state index in [0.29, 0.717) is 0 Å². The maximum absolute atomic E-state index is 10.6. The molecule has 0 aromatic carbocycles. The molecule has 1 amide bonds. The zero-order chi connectivity index (χ0) is 12.1. The summed E-state index contributed by atoms with van der Waals surface area (Å²) >= 11 is 0. The fourth-order valence-corrected chi connectivity index (χ4v) is 0.398. The number of nitrogens with one attached hydrogen (secondary N) is 1. The second-order valence-corrected chi connectivity index (χ2v) is 2.13. The number of halogens is 3. The molecule has 0 saturated carbocycles. The van der Waals surface area contributed by atoms with Crippen molar-refractivity contribution in [1.29, 1.82) is 0 Å². The summed E-state index contributed by atoms with van der Waals surface area (Å²) in [4.78, 5) is 19.1. The van der Waals surface area contributed by atoms with Crippen LogP contribution in [0.5, 0.6) is 0 Å². The smallest absolute Gasteiger partial charge is 0.475 e. The molecule has 84 valence electrons. The van der Waals surface area contributed by atoms with Gasteiger partial charge in [0.1, 0.15) is 5.69 Å². The summed E-state index contributed by atoms with van der Waals surface area (Å²) in [6.45, 7) is 0. The van der Waals surface area contributed by atoms with Crippen molar-refractivity contribution in [3.8, 4) is 0 Å². The minimum Gasteiger partial charge on any atom is -0.475 e. The maximum Gasteiger partial charge on any atom is 0.490 e. The fourth-order valence-electron chi connectivity index (χ4n) is 0.398. The number of aromatic nitrogens is 2. The minimum atomic E-state index is -5.08. The van der Waals surface area contributed by atoms with Crippen LogP contribution < -0.4 is 5.73 Å². The number of aromatic amines is 1. The van der Waals surface area contributed by atoms with E-state index in [1.807, 2.05) is 0 Å². The number of alkyl halides is 3. The number of carboxylic acids is 1. The third kappa shape index (κ3) is 5.29. The molecule has 15 heavy (non-hydrogen) atoms. The zero-order valence-electron chi connectivity index (χ0n) is 7.08. The standard InChI is InChI=1S/C4H5N3O.C2HF3O2/c5-4(8)3-1-2-6-7-3;3-2(4,5)1(6)7/h1-2H,(H2,5,8)(H,6,7);(H,6,7). The van der Waals surface area contributed by atoms with Crippen molar-refractivity contribution in [2.24, 2.45) is 5.73 Å². The zero-order valence-corrected chi connectivity index (χ0v) is 7.08. The van der Waals surface area contributed by atoms with Crippen molar-refractivity contribution < 1.29 is 27.9 Å². The van der Waals surface area contributed by atoms with Gasteiger partial charge in [0, 0.05) is 6.20 Å². The highest BCUT2D eigenvalue weighted by molar-refractivity contribution is 5.90. The van der Waals surface area contributed by atoms with Gasteiger partial charge >= 0.3 is 12.1 Å². The van der Waals surface area contributed by atoms with Gasteiger partial charge in [-0.1, -0.05) is 0 Å². The Balaban J connectivity index is 0.000000265. The van der Waals surface area contributed by atoms with E-state index in [9.17, 15) is 18.0 Å². The molecular weight excluding hydrogens is 219 g/mol. The molecule has 0 aliphatic heterocycles. The van der Waals surface area contributed by atoms with Crippen LogP contribution in [0.3, 0.4) is 0 Å². The van der Waals surface area contributed by atoms with Crippen molar-refractivity contribution in [1.82, 2.24) is 10.2 Å². The molecule has 1 aromatic heterocycles. The maximum atomic E-state index is 10.6. The molecule has 0 radical (unpaired) electrons. The monoisotopic (exact) mass is 225 g/mol. The Hall–Kier alpha value is -2.06. The quantitative estimate of drug-likeness (QED) is 0.631. The van der Waals surface area contributed by atoms with Gasteiger partial charge in [-0.3, -0.25) is 9.89 Å². The Morgan fingerprint density at radius 3 is 2.07 bits per heavy atom. The number of nitrogens with two attached hydrogens (primary N) is 1. The molecule has 4 N–H and O–H groups in total. The molecular formula is C6H6F3N3O3.